The first kappa shape index (κ1) is 20.4. The number of likely N-dealkylation sites (tertiary alicyclic amines) is 1. The lowest BCUT2D eigenvalue weighted by Gasteiger charge is -2.35. The highest BCUT2D eigenvalue weighted by Crippen LogP contribution is 2.29. The molecule has 3 amide bonds. The van der Waals surface area contributed by atoms with Crippen LogP contribution in [0, 0.1) is 5.92 Å². The Morgan fingerprint density at radius 3 is 2.18 bits per heavy atom. The number of carbonyl (C=O) groups excluding carboxylic acids is 2. The van der Waals surface area contributed by atoms with Crippen molar-refractivity contribution in [1.29, 1.82) is 0 Å². The predicted molar refractivity (Wildman–Crippen MR) is 96.7 cm³/mol. The number of benzene rings is 1. The van der Waals surface area contributed by atoms with Gasteiger partial charge in [0.1, 0.15) is 0 Å². The van der Waals surface area contributed by atoms with E-state index in [-0.39, 0.29) is 23.6 Å². The molecule has 0 atom stereocenters. The lowest BCUT2D eigenvalue weighted by Crippen LogP contribution is -2.49. The van der Waals surface area contributed by atoms with Gasteiger partial charge in [-0.2, -0.15) is 13.2 Å². The van der Waals surface area contributed by atoms with Crippen LogP contribution in [-0.4, -0.2) is 49.2 Å². The summed E-state index contributed by atoms with van der Waals surface area (Å²) in [5.41, 5.74) is -0.474. The monoisotopic (exact) mass is 399 g/mol. The van der Waals surface area contributed by atoms with Crippen LogP contribution >= 0.6 is 0 Å². The second-order valence-corrected chi connectivity index (χ2v) is 7.16. The number of carbonyl (C=O) groups is 2. The van der Waals surface area contributed by atoms with E-state index in [1.54, 1.807) is 0 Å². The summed E-state index contributed by atoms with van der Waals surface area (Å²) in [4.78, 5) is 26.4. The molecule has 3 rings (SSSR count). The molecule has 0 saturated carbocycles. The molecule has 0 unspecified atom stereocenters. The summed E-state index contributed by atoms with van der Waals surface area (Å²) in [6.45, 7) is 2.42. The molecule has 2 saturated heterocycles. The maximum absolute atomic E-state index is 12.6. The third-order valence-electron chi connectivity index (χ3n) is 5.18. The molecule has 2 aliphatic heterocycles. The molecular formula is C19H24F3N3O3. The normalized spacial score (nSPS) is 19.3. The summed E-state index contributed by atoms with van der Waals surface area (Å²) in [6.07, 6.45) is -1.60. The molecule has 9 heteroatoms. The minimum absolute atomic E-state index is 0.0289. The average molecular weight is 399 g/mol. The van der Waals surface area contributed by atoms with Gasteiger partial charge in [-0.1, -0.05) is 0 Å². The zero-order valence-corrected chi connectivity index (χ0v) is 15.4. The van der Waals surface area contributed by atoms with Crippen LogP contribution in [0.1, 0.15) is 31.2 Å². The van der Waals surface area contributed by atoms with E-state index in [9.17, 15) is 22.8 Å². The molecule has 1 aromatic carbocycles. The Bertz CT molecular complexity index is 680. The molecular weight excluding hydrogens is 375 g/mol. The largest absolute Gasteiger partial charge is 0.416 e. The van der Waals surface area contributed by atoms with Crippen molar-refractivity contribution in [3.8, 4) is 0 Å². The average Bonchev–Trinajstić information content (AvgIpc) is 2.68. The number of anilines is 1. The highest BCUT2D eigenvalue weighted by atomic mass is 19.4. The highest BCUT2D eigenvalue weighted by molar-refractivity contribution is 5.89. The van der Waals surface area contributed by atoms with E-state index < -0.39 is 17.8 Å². The number of hydrogen-bond donors (Lipinski definition) is 2. The Morgan fingerprint density at radius 1 is 1.00 bits per heavy atom. The summed E-state index contributed by atoms with van der Waals surface area (Å²) < 4.78 is 43.0. The van der Waals surface area contributed by atoms with Crippen molar-refractivity contribution in [2.75, 3.05) is 31.6 Å². The summed E-state index contributed by atoms with van der Waals surface area (Å²) in [5, 5.41) is 5.36. The summed E-state index contributed by atoms with van der Waals surface area (Å²) in [5.74, 6) is 0.192. The van der Waals surface area contributed by atoms with E-state index in [1.807, 2.05) is 4.90 Å². The van der Waals surface area contributed by atoms with Crippen LogP contribution in [0.4, 0.5) is 23.7 Å². The number of urea groups is 1. The van der Waals surface area contributed by atoms with E-state index in [0.717, 1.165) is 25.0 Å². The molecule has 0 aliphatic carbocycles. The van der Waals surface area contributed by atoms with Crippen LogP contribution in [0.5, 0.6) is 0 Å². The Balaban J connectivity index is 1.43. The van der Waals surface area contributed by atoms with Crippen LogP contribution in [0.2, 0.25) is 0 Å². The van der Waals surface area contributed by atoms with Gasteiger partial charge in [0.25, 0.3) is 0 Å². The Labute approximate surface area is 161 Å². The Kier molecular flexibility index (Phi) is 6.43. The van der Waals surface area contributed by atoms with Crippen molar-refractivity contribution in [2.45, 2.75) is 37.9 Å². The standard InChI is InChI=1S/C19H24F3N3O3/c20-19(21,22)14-1-3-15(4-2-14)23-18(27)24-16-5-9-25(10-6-16)17(26)13-7-11-28-12-8-13/h1-4,13,16H,5-12H2,(H2,23,24,27). The van der Waals surface area contributed by atoms with E-state index in [0.29, 0.717) is 39.1 Å². The predicted octanol–water partition coefficient (Wildman–Crippen LogP) is 3.24. The van der Waals surface area contributed by atoms with Gasteiger partial charge in [-0.25, -0.2) is 4.79 Å². The molecule has 2 aliphatic rings. The summed E-state index contributed by atoms with van der Waals surface area (Å²) in [7, 11) is 0. The number of amides is 3. The maximum atomic E-state index is 12.6. The van der Waals surface area contributed by atoms with Crippen LogP contribution in [0.3, 0.4) is 0 Å². The number of halogens is 3. The Hall–Kier alpha value is -2.29. The zero-order chi connectivity index (χ0) is 20.1. The van der Waals surface area contributed by atoms with Crippen LogP contribution in [0.15, 0.2) is 24.3 Å². The first-order valence-corrected chi connectivity index (χ1v) is 9.44. The smallest absolute Gasteiger partial charge is 0.381 e. The molecule has 2 N–H and O–H groups in total. The first-order chi connectivity index (χ1) is 13.3. The number of piperidine rings is 1. The van der Waals surface area contributed by atoms with Gasteiger partial charge in [0, 0.05) is 44.0 Å². The molecule has 6 nitrogen and oxygen atoms in total. The van der Waals surface area contributed by atoms with Crippen LogP contribution in [0.25, 0.3) is 0 Å². The first-order valence-electron chi connectivity index (χ1n) is 9.44. The van der Waals surface area contributed by atoms with Crippen LogP contribution < -0.4 is 10.6 Å². The number of ether oxygens (including phenoxy) is 1. The quantitative estimate of drug-likeness (QED) is 0.820. The van der Waals surface area contributed by atoms with Gasteiger partial charge in [0.05, 0.1) is 5.56 Å². The molecule has 0 radical (unpaired) electrons. The van der Waals surface area contributed by atoms with E-state index in [2.05, 4.69) is 10.6 Å². The zero-order valence-electron chi connectivity index (χ0n) is 15.4. The lowest BCUT2D eigenvalue weighted by molar-refractivity contribution is -0.139. The van der Waals surface area contributed by atoms with Gasteiger partial charge in [-0.15, -0.1) is 0 Å². The van der Waals surface area contributed by atoms with Gasteiger partial charge < -0.3 is 20.3 Å². The van der Waals surface area contributed by atoms with Gasteiger partial charge in [-0.3, -0.25) is 4.79 Å². The minimum Gasteiger partial charge on any atom is -0.381 e. The summed E-state index contributed by atoms with van der Waals surface area (Å²) in [6, 6.07) is 3.75. The fraction of sp³-hybridized carbons (Fsp3) is 0.579. The highest BCUT2D eigenvalue weighted by Gasteiger charge is 2.31. The molecule has 1 aromatic rings. The SMILES string of the molecule is O=C(Nc1ccc(C(F)(F)F)cc1)NC1CCN(C(=O)C2CCOCC2)CC1. The molecule has 154 valence electrons. The van der Waals surface area contributed by atoms with Crippen molar-refractivity contribution in [3.63, 3.8) is 0 Å². The lowest BCUT2D eigenvalue weighted by atomic mass is 9.96. The molecule has 0 aromatic heterocycles. The van der Waals surface area contributed by atoms with Crippen molar-refractivity contribution in [2.24, 2.45) is 5.92 Å². The fourth-order valence-corrected chi connectivity index (χ4v) is 3.54. The number of nitrogens with zero attached hydrogens (tertiary/aromatic N) is 1. The minimum atomic E-state index is -4.41. The topological polar surface area (TPSA) is 70.7 Å². The van der Waals surface area contributed by atoms with E-state index >= 15 is 0 Å². The van der Waals surface area contributed by atoms with Gasteiger partial charge in [0.15, 0.2) is 0 Å². The van der Waals surface area contributed by atoms with Gasteiger partial charge >= 0.3 is 12.2 Å². The maximum Gasteiger partial charge on any atom is 0.416 e. The number of alkyl halides is 3. The fourth-order valence-electron chi connectivity index (χ4n) is 3.54. The molecule has 28 heavy (non-hydrogen) atoms. The second kappa shape index (κ2) is 8.81. The number of nitrogens with one attached hydrogen (secondary N) is 2. The molecule has 2 fully saturated rings. The van der Waals surface area contributed by atoms with E-state index in [4.69, 9.17) is 4.74 Å². The molecule has 0 spiro atoms. The summed E-state index contributed by atoms with van der Waals surface area (Å²) >= 11 is 0. The van der Waals surface area contributed by atoms with E-state index in [1.165, 1.54) is 12.1 Å². The molecule has 2 heterocycles. The van der Waals surface area contributed by atoms with Crippen LogP contribution in [-0.2, 0) is 15.7 Å². The van der Waals surface area contributed by atoms with Crippen molar-refractivity contribution >= 4 is 17.6 Å². The van der Waals surface area contributed by atoms with Crippen molar-refractivity contribution in [1.82, 2.24) is 10.2 Å². The third kappa shape index (κ3) is 5.37. The van der Waals surface area contributed by atoms with Crippen molar-refractivity contribution in [3.05, 3.63) is 29.8 Å². The van der Waals surface area contributed by atoms with Gasteiger partial charge in [-0.05, 0) is 49.9 Å². The number of rotatable bonds is 3. The van der Waals surface area contributed by atoms with Crippen molar-refractivity contribution < 1.29 is 27.5 Å². The number of hydrogen-bond acceptors (Lipinski definition) is 3. The Morgan fingerprint density at radius 2 is 1.61 bits per heavy atom. The second-order valence-electron chi connectivity index (χ2n) is 7.16. The van der Waals surface area contributed by atoms with Gasteiger partial charge in [0.2, 0.25) is 5.91 Å². The molecule has 0 bridgehead atoms. The third-order valence-corrected chi connectivity index (χ3v) is 5.18.